The van der Waals surface area contributed by atoms with Crippen molar-refractivity contribution in [2.45, 2.75) is 31.7 Å². The molecule has 4 rings (SSSR count). The van der Waals surface area contributed by atoms with Crippen molar-refractivity contribution in [3.05, 3.63) is 36.4 Å². The normalized spacial score (nSPS) is 26.3. The molecule has 0 aliphatic heterocycles. The van der Waals surface area contributed by atoms with Crippen molar-refractivity contribution in [2.24, 2.45) is 11.8 Å². The Bertz CT molecular complexity index is 730. The predicted octanol–water partition coefficient (Wildman–Crippen LogP) is 4.02. The van der Waals surface area contributed by atoms with E-state index in [1.54, 1.807) is 6.07 Å². The van der Waals surface area contributed by atoms with E-state index in [0.717, 1.165) is 28.3 Å². The van der Waals surface area contributed by atoms with Crippen molar-refractivity contribution in [1.82, 2.24) is 5.32 Å². The first-order chi connectivity index (χ1) is 10.7. The number of anilines is 1. The number of fused-ring (bicyclic) bond motifs is 3. The fraction of sp³-hybridized carbons (Fsp3) is 0.389. The average Bonchev–Trinajstić information content (AvgIpc) is 3.11. The Hall–Kier alpha value is -1.81. The highest BCUT2D eigenvalue weighted by atomic mass is 32.1. The van der Waals surface area contributed by atoms with Crippen LogP contribution < -0.4 is 10.6 Å². The van der Waals surface area contributed by atoms with Crippen molar-refractivity contribution < 1.29 is 5.11 Å². The van der Waals surface area contributed by atoms with E-state index < -0.39 is 0 Å². The molecular formula is C18H20N2OS. The molecule has 22 heavy (non-hydrogen) atoms. The summed E-state index contributed by atoms with van der Waals surface area (Å²) in [6.07, 6.45) is 5.35. The molecule has 2 aromatic carbocycles. The van der Waals surface area contributed by atoms with E-state index in [9.17, 15) is 5.11 Å². The summed E-state index contributed by atoms with van der Waals surface area (Å²) in [5.41, 5.74) is 0.939. The SMILES string of the molecule is Oc1cccc2c(NC(=S)N[C@@H]3C[C@H]4CC[C@@H]3C4)cccc12. The molecule has 0 saturated heterocycles. The van der Waals surface area contributed by atoms with Crippen LogP contribution in [0.2, 0.25) is 0 Å². The second kappa shape index (κ2) is 5.43. The largest absolute Gasteiger partial charge is 0.507 e. The number of phenolic OH excluding ortho intramolecular Hbond substituents is 1. The summed E-state index contributed by atoms with van der Waals surface area (Å²) < 4.78 is 0. The molecular weight excluding hydrogens is 292 g/mol. The molecule has 0 aromatic heterocycles. The van der Waals surface area contributed by atoms with E-state index in [4.69, 9.17) is 12.2 Å². The quantitative estimate of drug-likeness (QED) is 0.733. The zero-order valence-electron chi connectivity index (χ0n) is 12.4. The number of rotatable bonds is 2. The Morgan fingerprint density at radius 2 is 1.86 bits per heavy atom. The van der Waals surface area contributed by atoms with Crippen LogP contribution in [-0.4, -0.2) is 16.3 Å². The molecule has 114 valence electrons. The van der Waals surface area contributed by atoms with E-state index in [1.165, 1.54) is 25.7 Å². The Balaban J connectivity index is 1.51. The molecule has 0 unspecified atom stereocenters. The Morgan fingerprint density at radius 1 is 1.05 bits per heavy atom. The van der Waals surface area contributed by atoms with E-state index in [0.29, 0.717) is 16.9 Å². The fourth-order valence-electron chi connectivity index (χ4n) is 4.15. The lowest BCUT2D eigenvalue weighted by molar-refractivity contribution is 0.392. The van der Waals surface area contributed by atoms with Gasteiger partial charge in [0.2, 0.25) is 0 Å². The van der Waals surface area contributed by atoms with E-state index in [1.807, 2.05) is 30.3 Å². The van der Waals surface area contributed by atoms with Gasteiger partial charge in [-0.3, -0.25) is 0 Å². The molecule has 2 aliphatic rings. The predicted molar refractivity (Wildman–Crippen MR) is 94.2 cm³/mol. The smallest absolute Gasteiger partial charge is 0.171 e. The number of benzene rings is 2. The van der Waals surface area contributed by atoms with Crippen LogP contribution in [-0.2, 0) is 0 Å². The van der Waals surface area contributed by atoms with Gasteiger partial charge >= 0.3 is 0 Å². The first-order valence-electron chi connectivity index (χ1n) is 7.99. The minimum Gasteiger partial charge on any atom is -0.507 e. The Kier molecular flexibility index (Phi) is 3.41. The van der Waals surface area contributed by atoms with E-state index in [2.05, 4.69) is 10.6 Å². The molecule has 2 aliphatic carbocycles. The third kappa shape index (κ3) is 2.41. The Morgan fingerprint density at radius 3 is 2.64 bits per heavy atom. The third-order valence-electron chi connectivity index (χ3n) is 5.20. The van der Waals surface area contributed by atoms with Gasteiger partial charge in [0.15, 0.2) is 5.11 Å². The summed E-state index contributed by atoms with van der Waals surface area (Å²) in [4.78, 5) is 0. The topological polar surface area (TPSA) is 44.3 Å². The van der Waals surface area contributed by atoms with Gasteiger partial charge in [0, 0.05) is 22.5 Å². The highest BCUT2D eigenvalue weighted by Crippen LogP contribution is 2.44. The lowest BCUT2D eigenvalue weighted by Crippen LogP contribution is -2.40. The van der Waals surface area contributed by atoms with Crippen molar-refractivity contribution in [3.8, 4) is 5.75 Å². The molecule has 0 heterocycles. The first kappa shape index (κ1) is 13.8. The van der Waals surface area contributed by atoms with Gasteiger partial charge in [-0.25, -0.2) is 0 Å². The molecule has 2 aromatic rings. The van der Waals surface area contributed by atoms with Gasteiger partial charge < -0.3 is 15.7 Å². The number of thiocarbonyl (C=S) groups is 1. The van der Waals surface area contributed by atoms with Crippen LogP contribution in [0.4, 0.5) is 5.69 Å². The molecule has 3 N–H and O–H groups in total. The number of hydrogen-bond acceptors (Lipinski definition) is 2. The highest BCUT2D eigenvalue weighted by Gasteiger charge is 2.39. The van der Waals surface area contributed by atoms with Crippen LogP contribution in [0, 0.1) is 11.8 Å². The molecule has 3 atom stereocenters. The summed E-state index contributed by atoms with van der Waals surface area (Å²) in [5.74, 6) is 1.99. The van der Waals surface area contributed by atoms with Crippen LogP contribution >= 0.6 is 12.2 Å². The number of hydrogen-bond donors (Lipinski definition) is 3. The number of nitrogens with one attached hydrogen (secondary N) is 2. The maximum absolute atomic E-state index is 9.95. The average molecular weight is 312 g/mol. The summed E-state index contributed by atoms with van der Waals surface area (Å²) in [5, 5.41) is 19.3. The fourth-order valence-corrected chi connectivity index (χ4v) is 4.41. The maximum atomic E-state index is 9.95. The van der Waals surface area contributed by atoms with Gasteiger partial charge in [0.05, 0.1) is 0 Å². The monoisotopic (exact) mass is 312 g/mol. The van der Waals surface area contributed by atoms with Crippen LogP contribution in [0.25, 0.3) is 10.8 Å². The molecule has 3 nitrogen and oxygen atoms in total. The van der Waals surface area contributed by atoms with Crippen molar-refractivity contribution in [1.29, 1.82) is 0 Å². The van der Waals surface area contributed by atoms with E-state index >= 15 is 0 Å². The van der Waals surface area contributed by atoms with Gasteiger partial charge in [-0.1, -0.05) is 30.7 Å². The second-order valence-electron chi connectivity index (χ2n) is 6.56. The Labute approximate surface area is 135 Å². The minimum atomic E-state index is 0.299. The summed E-state index contributed by atoms with van der Waals surface area (Å²) >= 11 is 5.50. The van der Waals surface area contributed by atoms with E-state index in [-0.39, 0.29) is 0 Å². The molecule has 2 fully saturated rings. The van der Waals surface area contributed by atoms with Gasteiger partial charge in [0.25, 0.3) is 0 Å². The zero-order chi connectivity index (χ0) is 15.1. The lowest BCUT2D eigenvalue weighted by atomic mass is 9.95. The standard InChI is InChI=1S/C18H20N2OS/c21-17-6-2-3-13-14(17)4-1-5-15(13)19-18(22)20-16-10-11-7-8-12(16)9-11/h1-6,11-12,16,21H,7-10H2,(H2,19,20,22)/t11-,12+,16+/m0/s1. The molecule has 0 radical (unpaired) electrons. The van der Waals surface area contributed by atoms with Gasteiger partial charge in [-0.15, -0.1) is 0 Å². The van der Waals surface area contributed by atoms with Gasteiger partial charge in [-0.2, -0.15) is 0 Å². The summed E-state index contributed by atoms with van der Waals surface area (Å²) in [7, 11) is 0. The number of aromatic hydroxyl groups is 1. The van der Waals surface area contributed by atoms with Gasteiger partial charge in [0.1, 0.15) is 5.75 Å². The molecule has 0 spiro atoms. The number of phenols is 1. The minimum absolute atomic E-state index is 0.299. The summed E-state index contributed by atoms with van der Waals surface area (Å²) in [6.45, 7) is 0. The molecule has 2 bridgehead atoms. The molecule has 2 saturated carbocycles. The first-order valence-corrected chi connectivity index (χ1v) is 8.40. The zero-order valence-corrected chi connectivity index (χ0v) is 13.2. The van der Waals surface area contributed by atoms with Crippen molar-refractivity contribution in [3.63, 3.8) is 0 Å². The highest BCUT2D eigenvalue weighted by molar-refractivity contribution is 7.80. The molecule has 4 heteroatoms. The third-order valence-corrected chi connectivity index (χ3v) is 5.42. The van der Waals surface area contributed by atoms with Crippen molar-refractivity contribution >= 4 is 33.8 Å². The van der Waals surface area contributed by atoms with Crippen molar-refractivity contribution in [2.75, 3.05) is 5.32 Å². The van der Waals surface area contributed by atoms with Gasteiger partial charge in [-0.05, 0) is 55.4 Å². The molecule has 0 amide bonds. The second-order valence-corrected chi connectivity index (χ2v) is 6.97. The lowest BCUT2D eigenvalue weighted by Gasteiger charge is -2.24. The maximum Gasteiger partial charge on any atom is 0.171 e. The van der Waals surface area contributed by atoms with Crippen LogP contribution in [0.3, 0.4) is 0 Å². The van der Waals surface area contributed by atoms with Crippen LogP contribution in [0.5, 0.6) is 5.75 Å². The summed E-state index contributed by atoms with van der Waals surface area (Å²) in [6, 6.07) is 11.9. The van der Waals surface area contributed by atoms with Crippen LogP contribution in [0.1, 0.15) is 25.7 Å². The van der Waals surface area contributed by atoms with Crippen LogP contribution in [0.15, 0.2) is 36.4 Å².